The number of carbonyl (C=O) groups excluding carboxylic acids is 2. The molecule has 2 N–H and O–H groups in total. The summed E-state index contributed by atoms with van der Waals surface area (Å²) in [5, 5.41) is 2.71. The lowest BCUT2D eigenvalue weighted by atomic mass is 9.70. The SMILES string of the molecule is CC(=O)NCCOc1ccc2c(c1)C(C)(C)c1[nH]c3c(c1C2=O)CCC(Br)=C3. The lowest BCUT2D eigenvalue weighted by Crippen LogP contribution is -2.31. The highest BCUT2D eigenvalue weighted by Crippen LogP contribution is 2.45. The molecule has 0 unspecified atom stereocenters. The second-order valence-corrected chi connectivity index (χ2v) is 8.87. The van der Waals surface area contributed by atoms with E-state index in [1.165, 1.54) is 6.92 Å². The van der Waals surface area contributed by atoms with E-state index < -0.39 is 0 Å². The molecule has 5 nitrogen and oxygen atoms in total. The highest BCUT2D eigenvalue weighted by molar-refractivity contribution is 9.11. The van der Waals surface area contributed by atoms with E-state index in [-0.39, 0.29) is 17.1 Å². The van der Waals surface area contributed by atoms with Crippen LogP contribution in [0, 0.1) is 0 Å². The Morgan fingerprint density at radius 3 is 2.86 bits per heavy atom. The van der Waals surface area contributed by atoms with Crippen molar-refractivity contribution in [3.05, 3.63) is 56.3 Å². The molecule has 1 aromatic heterocycles. The molecule has 2 aliphatic rings. The first-order valence-corrected chi connectivity index (χ1v) is 10.3. The molecule has 0 bridgehead atoms. The fourth-order valence-corrected chi connectivity index (χ4v) is 4.55. The van der Waals surface area contributed by atoms with Gasteiger partial charge in [-0.2, -0.15) is 0 Å². The van der Waals surface area contributed by atoms with E-state index in [1.807, 2.05) is 18.2 Å². The molecule has 6 heteroatoms. The van der Waals surface area contributed by atoms with Crippen LogP contribution in [0.5, 0.6) is 5.75 Å². The topological polar surface area (TPSA) is 71.2 Å². The lowest BCUT2D eigenvalue weighted by molar-refractivity contribution is -0.119. The van der Waals surface area contributed by atoms with Crippen LogP contribution < -0.4 is 10.1 Å². The van der Waals surface area contributed by atoms with Crippen LogP contribution in [0.2, 0.25) is 0 Å². The van der Waals surface area contributed by atoms with Crippen molar-refractivity contribution in [2.24, 2.45) is 0 Å². The number of fused-ring (bicyclic) bond motifs is 4. The normalized spacial score (nSPS) is 16.6. The van der Waals surface area contributed by atoms with E-state index >= 15 is 0 Å². The fraction of sp³-hybridized carbons (Fsp3) is 0.364. The number of nitrogens with one attached hydrogen (secondary N) is 2. The summed E-state index contributed by atoms with van der Waals surface area (Å²) in [6.07, 6.45) is 3.86. The van der Waals surface area contributed by atoms with Gasteiger partial charge in [0.2, 0.25) is 5.91 Å². The molecule has 1 heterocycles. The zero-order valence-electron chi connectivity index (χ0n) is 16.2. The Labute approximate surface area is 172 Å². The maximum Gasteiger partial charge on any atom is 0.216 e. The Hall–Kier alpha value is -2.34. The minimum atomic E-state index is -0.340. The Balaban J connectivity index is 1.70. The number of halogens is 1. The summed E-state index contributed by atoms with van der Waals surface area (Å²) in [4.78, 5) is 27.8. The first-order chi connectivity index (χ1) is 13.3. The molecule has 146 valence electrons. The molecule has 2 aliphatic carbocycles. The van der Waals surface area contributed by atoms with Gasteiger partial charge >= 0.3 is 0 Å². The summed E-state index contributed by atoms with van der Waals surface area (Å²) < 4.78 is 6.93. The van der Waals surface area contributed by atoms with Gasteiger partial charge in [0.15, 0.2) is 5.78 Å². The lowest BCUT2D eigenvalue weighted by Gasteiger charge is -2.32. The van der Waals surface area contributed by atoms with Gasteiger partial charge in [-0.05, 0) is 52.7 Å². The van der Waals surface area contributed by atoms with Gasteiger partial charge < -0.3 is 15.0 Å². The van der Waals surface area contributed by atoms with Crippen molar-refractivity contribution in [1.29, 1.82) is 0 Å². The third-order valence-corrected chi connectivity index (χ3v) is 6.18. The van der Waals surface area contributed by atoms with Gasteiger partial charge in [0.1, 0.15) is 12.4 Å². The number of carbonyl (C=O) groups is 2. The second-order valence-electron chi connectivity index (χ2n) is 7.85. The van der Waals surface area contributed by atoms with E-state index in [1.54, 1.807) is 0 Å². The van der Waals surface area contributed by atoms with Gasteiger partial charge in [-0.15, -0.1) is 0 Å². The number of hydrogen-bond acceptors (Lipinski definition) is 3. The van der Waals surface area contributed by atoms with E-state index in [0.29, 0.717) is 18.9 Å². The van der Waals surface area contributed by atoms with E-state index in [2.05, 4.69) is 46.2 Å². The molecule has 0 radical (unpaired) electrons. The predicted molar refractivity (Wildman–Crippen MR) is 112 cm³/mol. The molecule has 0 fully saturated rings. The van der Waals surface area contributed by atoms with E-state index in [4.69, 9.17) is 4.74 Å². The number of rotatable bonds is 4. The maximum absolute atomic E-state index is 13.3. The van der Waals surface area contributed by atoms with Crippen molar-refractivity contribution in [1.82, 2.24) is 10.3 Å². The minimum absolute atomic E-state index is 0.0790. The molecule has 28 heavy (non-hydrogen) atoms. The minimum Gasteiger partial charge on any atom is -0.492 e. The van der Waals surface area contributed by atoms with Crippen molar-refractivity contribution in [2.75, 3.05) is 13.2 Å². The monoisotopic (exact) mass is 442 g/mol. The number of hydrogen-bond donors (Lipinski definition) is 2. The van der Waals surface area contributed by atoms with Crippen LogP contribution in [0.25, 0.3) is 6.08 Å². The van der Waals surface area contributed by atoms with Crippen LogP contribution in [0.1, 0.15) is 65.6 Å². The van der Waals surface area contributed by atoms with Gasteiger partial charge in [-0.1, -0.05) is 29.8 Å². The molecule has 1 aromatic carbocycles. The van der Waals surface area contributed by atoms with Crippen LogP contribution in [-0.4, -0.2) is 29.8 Å². The van der Waals surface area contributed by atoms with Crippen LogP contribution in [0.4, 0.5) is 0 Å². The van der Waals surface area contributed by atoms with Gasteiger partial charge in [-0.3, -0.25) is 9.59 Å². The number of H-pyrrole nitrogens is 1. The number of amides is 1. The Bertz CT molecular complexity index is 1020. The van der Waals surface area contributed by atoms with Gasteiger partial charge in [0, 0.05) is 34.9 Å². The zero-order valence-corrected chi connectivity index (χ0v) is 17.8. The third-order valence-electron chi connectivity index (χ3n) is 5.56. The average Bonchev–Trinajstić information content (AvgIpc) is 3.03. The van der Waals surface area contributed by atoms with Crippen LogP contribution >= 0.6 is 15.9 Å². The molecule has 1 amide bonds. The van der Waals surface area contributed by atoms with Crippen LogP contribution in [0.15, 0.2) is 22.7 Å². The number of aromatic amines is 1. The molecule has 0 spiro atoms. The molecule has 0 saturated carbocycles. The van der Waals surface area contributed by atoms with Crippen molar-refractivity contribution >= 4 is 33.7 Å². The second kappa shape index (κ2) is 6.92. The highest BCUT2D eigenvalue weighted by atomic mass is 79.9. The molecular formula is C22H23BrN2O3. The summed E-state index contributed by atoms with van der Waals surface area (Å²) in [5.41, 5.74) is 5.33. The van der Waals surface area contributed by atoms with Gasteiger partial charge in [0.05, 0.1) is 6.54 Å². The largest absolute Gasteiger partial charge is 0.492 e. The van der Waals surface area contributed by atoms with Gasteiger partial charge in [-0.25, -0.2) is 0 Å². The van der Waals surface area contributed by atoms with Crippen LogP contribution in [-0.2, 0) is 16.6 Å². The van der Waals surface area contributed by atoms with Crippen molar-refractivity contribution in [2.45, 2.75) is 39.0 Å². The highest BCUT2D eigenvalue weighted by Gasteiger charge is 2.41. The summed E-state index contributed by atoms with van der Waals surface area (Å²) in [5.74, 6) is 0.704. The Morgan fingerprint density at radius 1 is 1.32 bits per heavy atom. The molecule has 4 rings (SSSR count). The standard InChI is InChI=1S/C22H23BrN2O3/c1-12(26)24-8-9-28-14-5-7-15-17(11-14)22(2,3)21-19(20(15)27)16-6-4-13(23)10-18(16)25-21/h5,7,10-11,25H,4,6,8-9H2,1-3H3,(H,24,26). The smallest absolute Gasteiger partial charge is 0.216 e. The summed E-state index contributed by atoms with van der Waals surface area (Å²) >= 11 is 3.59. The van der Waals surface area contributed by atoms with E-state index in [9.17, 15) is 9.59 Å². The van der Waals surface area contributed by atoms with E-state index in [0.717, 1.165) is 51.0 Å². The molecule has 2 aromatic rings. The van der Waals surface area contributed by atoms with Crippen molar-refractivity contribution in [3.8, 4) is 5.75 Å². The summed E-state index contributed by atoms with van der Waals surface area (Å²) in [6, 6.07) is 5.65. The van der Waals surface area contributed by atoms with Gasteiger partial charge in [0.25, 0.3) is 0 Å². The predicted octanol–water partition coefficient (Wildman–Crippen LogP) is 4.08. The number of benzene rings is 1. The van der Waals surface area contributed by atoms with Crippen molar-refractivity contribution in [3.63, 3.8) is 0 Å². The van der Waals surface area contributed by atoms with Crippen LogP contribution in [0.3, 0.4) is 0 Å². The number of allylic oxidation sites excluding steroid dienone is 1. The zero-order chi connectivity index (χ0) is 20.1. The molecule has 0 atom stereocenters. The average molecular weight is 443 g/mol. The summed E-state index contributed by atoms with van der Waals surface area (Å²) in [6.45, 7) is 6.59. The Morgan fingerprint density at radius 2 is 2.11 bits per heavy atom. The molecular weight excluding hydrogens is 420 g/mol. The number of aromatic nitrogens is 1. The quantitative estimate of drug-likeness (QED) is 0.700. The molecule has 0 aliphatic heterocycles. The fourth-order valence-electron chi connectivity index (χ4n) is 4.13. The molecule has 0 saturated heterocycles. The third kappa shape index (κ3) is 3.09. The maximum atomic E-state index is 13.3. The summed E-state index contributed by atoms with van der Waals surface area (Å²) in [7, 11) is 0. The first kappa shape index (κ1) is 19.0. The Kier molecular flexibility index (Phi) is 4.70. The number of ether oxygens (including phenoxy) is 1. The first-order valence-electron chi connectivity index (χ1n) is 9.47. The van der Waals surface area contributed by atoms with Crippen molar-refractivity contribution < 1.29 is 14.3 Å². The number of ketones is 1.